The number of hydrogen-bond donors (Lipinski definition) is 1. The average molecular weight is 255 g/mol. The van der Waals surface area contributed by atoms with Gasteiger partial charge in [-0.25, -0.2) is 0 Å². The van der Waals surface area contributed by atoms with E-state index in [1.807, 2.05) is 0 Å². The van der Waals surface area contributed by atoms with Crippen molar-refractivity contribution in [1.29, 1.82) is 0 Å². The lowest BCUT2D eigenvalue weighted by molar-refractivity contribution is 0.265. The number of thioether (sulfide) groups is 1. The van der Waals surface area contributed by atoms with Gasteiger partial charge in [0, 0.05) is 16.5 Å². The molecule has 2 aliphatic rings. The van der Waals surface area contributed by atoms with Crippen LogP contribution in [0.4, 0.5) is 0 Å². The second kappa shape index (κ2) is 6.47. The van der Waals surface area contributed by atoms with Crippen molar-refractivity contribution in [1.82, 2.24) is 0 Å². The molecule has 2 saturated carbocycles. The molecule has 100 valence electrons. The Bertz CT molecular complexity index is 223. The summed E-state index contributed by atoms with van der Waals surface area (Å²) < 4.78 is 0. The largest absolute Gasteiger partial charge is 0.327 e. The molecule has 0 spiro atoms. The molecule has 2 rings (SSSR count). The third-order valence-electron chi connectivity index (χ3n) is 4.75. The van der Waals surface area contributed by atoms with Crippen molar-refractivity contribution >= 4 is 11.8 Å². The molecule has 0 aromatic heterocycles. The highest BCUT2D eigenvalue weighted by atomic mass is 32.2. The zero-order chi connectivity index (χ0) is 12.3. The number of rotatable bonds is 3. The Kier molecular flexibility index (Phi) is 5.23. The Morgan fingerprint density at radius 2 is 1.71 bits per heavy atom. The molecule has 0 heterocycles. The predicted octanol–water partition coefficient (Wildman–Crippen LogP) is 4.20. The zero-order valence-corrected chi connectivity index (χ0v) is 12.3. The smallest absolute Gasteiger partial charge is 0.0204 e. The highest BCUT2D eigenvalue weighted by molar-refractivity contribution is 8.00. The lowest BCUT2D eigenvalue weighted by Gasteiger charge is -2.38. The lowest BCUT2D eigenvalue weighted by atomic mass is 9.79. The van der Waals surface area contributed by atoms with Gasteiger partial charge in [-0.05, 0) is 43.9 Å². The molecule has 0 aromatic rings. The molecule has 2 heteroatoms. The SMILES string of the molecule is CC(C)C1CCC(N)C(SC2CCCCC2)C1. The van der Waals surface area contributed by atoms with E-state index in [4.69, 9.17) is 5.73 Å². The van der Waals surface area contributed by atoms with Crippen molar-refractivity contribution in [3.8, 4) is 0 Å². The van der Waals surface area contributed by atoms with Crippen LogP contribution in [0.15, 0.2) is 0 Å². The Labute approximate surface area is 111 Å². The van der Waals surface area contributed by atoms with E-state index in [1.165, 1.54) is 51.4 Å². The van der Waals surface area contributed by atoms with Gasteiger partial charge in [0.05, 0.1) is 0 Å². The van der Waals surface area contributed by atoms with E-state index in [0.717, 1.165) is 22.3 Å². The predicted molar refractivity (Wildman–Crippen MR) is 78.4 cm³/mol. The molecule has 17 heavy (non-hydrogen) atoms. The number of hydrogen-bond acceptors (Lipinski definition) is 2. The van der Waals surface area contributed by atoms with Crippen molar-refractivity contribution in [3.05, 3.63) is 0 Å². The minimum atomic E-state index is 0.469. The van der Waals surface area contributed by atoms with E-state index >= 15 is 0 Å². The first kappa shape index (κ1) is 13.7. The summed E-state index contributed by atoms with van der Waals surface area (Å²) in [7, 11) is 0. The zero-order valence-electron chi connectivity index (χ0n) is 11.5. The second-order valence-corrected chi connectivity index (χ2v) is 7.96. The summed E-state index contributed by atoms with van der Waals surface area (Å²) in [5.41, 5.74) is 6.34. The minimum Gasteiger partial charge on any atom is -0.327 e. The highest BCUT2D eigenvalue weighted by Gasteiger charge is 2.32. The molecule has 0 aromatic carbocycles. The maximum absolute atomic E-state index is 6.34. The first-order valence-corrected chi connectivity index (χ1v) is 8.52. The Morgan fingerprint density at radius 1 is 1.00 bits per heavy atom. The van der Waals surface area contributed by atoms with Crippen LogP contribution >= 0.6 is 11.8 Å². The minimum absolute atomic E-state index is 0.469. The summed E-state index contributed by atoms with van der Waals surface area (Å²) in [5, 5.41) is 1.67. The molecule has 0 aliphatic heterocycles. The molecule has 0 saturated heterocycles. The van der Waals surface area contributed by atoms with E-state index in [2.05, 4.69) is 25.6 Å². The first-order valence-electron chi connectivity index (χ1n) is 7.58. The van der Waals surface area contributed by atoms with E-state index in [9.17, 15) is 0 Å². The van der Waals surface area contributed by atoms with Crippen molar-refractivity contribution in [2.75, 3.05) is 0 Å². The summed E-state index contributed by atoms with van der Waals surface area (Å²) in [5.74, 6) is 1.77. The molecule has 2 N–H and O–H groups in total. The summed E-state index contributed by atoms with van der Waals surface area (Å²) >= 11 is 2.25. The molecule has 0 radical (unpaired) electrons. The van der Waals surface area contributed by atoms with Crippen LogP contribution in [0.5, 0.6) is 0 Å². The van der Waals surface area contributed by atoms with Crippen LogP contribution in [-0.4, -0.2) is 16.5 Å². The fraction of sp³-hybridized carbons (Fsp3) is 1.00. The third-order valence-corrected chi connectivity index (χ3v) is 6.49. The molecule has 3 unspecified atom stereocenters. The van der Waals surface area contributed by atoms with Crippen LogP contribution < -0.4 is 5.73 Å². The van der Waals surface area contributed by atoms with E-state index in [0.29, 0.717) is 6.04 Å². The second-order valence-electron chi connectivity index (χ2n) is 6.42. The Morgan fingerprint density at radius 3 is 2.35 bits per heavy atom. The monoisotopic (exact) mass is 255 g/mol. The molecular formula is C15H29NS. The van der Waals surface area contributed by atoms with Gasteiger partial charge >= 0.3 is 0 Å². The Hall–Kier alpha value is 0.310. The quantitative estimate of drug-likeness (QED) is 0.818. The molecular weight excluding hydrogens is 226 g/mol. The fourth-order valence-electron chi connectivity index (χ4n) is 3.39. The fourth-order valence-corrected chi connectivity index (χ4v) is 5.19. The van der Waals surface area contributed by atoms with Crippen molar-refractivity contribution in [3.63, 3.8) is 0 Å². The maximum Gasteiger partial charge on any atom is 0.0204 e. The normalized spacial score (nSPS) is 36.4. The number of nitrogens with two attached hydrogens (primary N) is 1. The lowest BCUT2D eigenvalue weighted by Crippen LogP contribution is -2.40. The van der Waals surface area contributed by atoms with Gasteiger partial charge in [-0.3, -0.25) is 0 Å². The van der Waals surface area contributed by atoms with Gasteiger partial charge in [0.15, 0.2) is 0 Å². The van der Waals surface area contributed by atoms with Gasteiger partial charge in [0.2, 0.25) is 0 Å². The van der Waals surface area contributed by atoms with Gasteiger partial charge in [0.25, 0.3) is 0 Å². The van der Waals surface area contributed by atoms with Crippen molar-refractivity contribution in [2.45, 2.75) is 81.8 Å². The molecule has 2 aliphatic carbocycles. The van der Waals surface area contributed by atoms with Crippen LogP contribution in [0.2, 0.25) is 0 Å². The topological polar surface area (TPSA) is 26.0 Å². The molecule has 2 fully saturated rings. The van der Waals surface area contributed by atoms with Gasteiger partial charge in [0.1, 0.15) is 0 Å². The molecule has 0 bridgehead atoms. The average Bonchev–Trinajstić information content (AvgIpc) is 2.33. The van der Waals surface area contributed by atoms with Gasteiger partial charge in [-0.1, -0.05) is 33.1 Å². The van der Waals surface area contributed by atoms with Crippen LogP contribution in [0, 0.1) is 11.8 Å². The molecule has 3 atom stereocenters. The molecule has 0 amide bonds. The Balaban J connectivity index is 1.84. The summed E-state index contributed by atoms with van der Waals surface area (Å²) in [6.45, 7) is 4.76. The van der Waals surface area contributed by atoms with Crippen LogP contribution in [0.1, 0.15) is 65.2 Å². The van der Waals surface area contributed by atoms with Crippen LogP contribution in [0.3, 0.4) is 0 Å². The van der Waals surface area contributed by atoms with Crippen molar-refractivity contribution in [2.24, 2.45) is 17.6 Å². The summed E-state index contributed by atoms with van der Waals surface area (Å²) in [4.78, 5) is 0. The third kappa shape index (κ3) is 3.89. The summed E-state index contributed by atoms with van der Waals surface area (Å²) in [6, 6.07) is 0.469. The van der Waals surface area contributed by atoms with Gasteiger partial charge < -0.3 is 5.73 Å². The van der Waals surface area contributed by atoms with E-state index in [1.54, 1.807) is 0 Å². The van der Waals surface area contributed by atoms with Crippen LogP contribution in [-0.2, 0) is 0 Å². The van der Waals surface area contributed by atoms with E-state index in [-0.39, 0.29) is 0 Å². The van der Waals surface area contributed by atoms with E-state index < -0.39 is 0 Å². The molecule has 1 nitrogen and oxygen atoms in total. The van der Waals surface area contributed by atoms with Crippen LogP contribution in [0.25, 0.3) is 0 Å². The maximum atomic E-state index is 6.34. The summed E-state index contributed by atoms with van der Waals surface area (Å²) in [6.07, 6.45) is 11.2. The first-order chi connectivity index (χ1) is 8.16. The standard InChI is InChI=1S/C15H29NS/c1-11(2)12-8-9-14(16)15(10-12)17-13-6-4-3-5-7-13/h11-15H,3-10,16H2,1-2H3. The highest BCUT2D eigenvalue weighted by Crippen LogP contribution is 2.40. The van der Waals surface area contributed by atoms with Gasteiger partial charge in [-0.2, -0.15) is 11.8 Å². The van der Waals surface area contributed by atoms with Gasteiger partial charge in [-0.15, -0.1) is 0 Å². The van der Waals surface area contributed by atoms with Crippen molar-refractivity contribution < 1.29 is 0 Å².